The number of carbonyl (C=O) groups excluding carboxylic acids is 14. The van der Waals surface area contributed by atoms with Gasteiger partial charge < -0.3 is 72.7 Å². The number of hydrogen-bond acceptors (Lipinski definition) is 18. The van der Waals surface area contributed by atoms with Gasteiger partial charge in [-0.05, 0) is 149 Å². The van der Waals surface area contributed by atoms with E-state index in [-0.39, 0.29) is 122 Å². The number of aromatic amines is 1. The Morgan fingerprint density at radius 3 is 1.26 bits per heavy atom. The molecule has 4 aromatic rings. The smallest absolute Gasteiger partial charge is 0.317 e. The lowest BCUT2D eigenvalue weighted by Crippen LogP contribution is -2.57. The predicted molar refractivity (Wildman–Crippen MR) is 566 cm³/mol. The topological polar surface area (TPSA) is 432 Å². The highest BCUT2D eigenvalue weighted by Crippen LogP contribution is 2.63. The molecule has 141 heavy (non-hydrogen) atoms. The summed E-state index contributed by atoms with van der Waals surface area (Å²) in [6.07, 6.45) is 13.1. The monoisotopic (exact) mass is 2040 g/mol. The fourth-order valence-corrected chi connectivity index (χ4v) is 16.0. The molecule has 8 rings (SSSR count). The number of Topliss-reactive ketones (excluding diaryl/α,β-unsaturated/α-hetero) is 7. The van der Waals surface area contributed by atoms with Gasteiger partial charge >= 0.3 is 18.1 Å². The van der Waals surface area contributed by atoms with Crippen molar-refractivity contribution >= 4 is 109 Å². The van der Waals surface area contributed by atoms with Crippen LogP contribution in [-0.2, 0) is 60.9 Å². The first kappa shape index (κ1) is 128. The molecule has 29 nitrogen and oxygen atoms in total. The van der Waals surface area contributed by atoms with E-state index in [1.165, 1.54) is 32.1 Å². The molecule has 30 heteroatoms. The van der Waals surface area contributed by atoms with Crippen molar-refractivity contribution in [2.24, 2.45) is 87.5 Å². The molecule has 8 unspecified atom stereocenters. The molecule has 3 saturated carbocycles. The van der Waals surface area contributed by atoms with Crippen molar-refractivity contribution in [2.45, 2.75) is 396 Å². The van der Waals surface area contributed by atoms with Gasteiger partial charge in [-0.25, -0.2) is 14.4 Å². The maximum absolute atomic E-state index is 12.7. The number of hydrogen-bond donors (Lipinski definition) is 11. The summed E-state index contributed by atoms with van der Waals surface area (Å²) in [5, 5.41) is 33.5. The third-order valence-corrected chi connectivity index (χ3v) is 25.3. The second-order valence-electron chi connectivity index (χ2n) is 52.3. The van der Waals surface area contributed by atoms with Gasteiger partial charge in [-0.3, -0.25) is 57.7 Å². The Balaban J connectivity index is 0.000000558. The Hall–Kier alpha value is -9.45. The SMILES string of the molecule is CC(C)(C)C(=O)C(NC(=O)C1(O)CCCC1)C(C)(C)C.CC(C)(C)C(=O)C(NC(=O)CC12CCCCC1C2)C(C)(C)C.CC(C)(C)C(=O)C(NC(=O)Cc1ccc2c(c1)OCO2)C(C)(C)C.CC(C)(C)C(=O)C(NC(=O)NCC(N)=O)C(C)(C)C.CC(C)(C)C(=O)C(NC(=O)NCc1cccnc1)C(C)(C)C.CC(C)(C)C(=O)c1cc2cc(Br)ccc2[nH]1.CCN(C)C(=O)NC(C(=O)C(C)(C)C)C(C)(C)C. The molecular weight excluding hydrogens is 1850 g/mol. The highest BCUT2D eigenvalue weighted by atomic mass is 79.9. The van der Waals surface area contributed by atoms with E-state index in [0.717, 1.165) is 45.3 Å². The molecule has 796 valence electrons. The average molecular weight is 2040 g/mol. The van der Waals surface area contributed by atoms with E-state index < -0.39 is 97.6 Å². The average Bonchev–Trinajstić information content (AvgIpc) is 1.59. The first-order chi connectivity index (χ1) is 63.5. The molecule has 3 fully saturated rings. The standard InChI is InChI=1S/C19H27NO4.C19H33NO2.C17H27N3O2.C16H29NO3.C14H28N2O2.C13H14BrNO.C13H25N3O3/c1-18(2,3)16(17(22)19(4,5)6)20-15(21)10-12-7-8-13-14(9-12)24-11-23-13;1-17(2,3)15(16(22)18(4,5)6)20-14(21)12-19-10-8-7-9-13(19)11-19;1-16(2,3)13(14(21)17(4,5)6)20-15(22)19-11-12-8-7-9-18-10-12;1-14(2,3)11(12(18)15(4,5)6)17-13(19)16(20)9-7-8-10-16;1-9-16(8)12(18)15-10(13(2,3)4)11(17)14(5,6)7;1-13(2,3)12(16)11-7-8-6-9(14)4-5-10(8)15-11;1-12(2,3)9(10(18)13(4,5)6)16-11(19)15-7-8(14)17/h7-9,16H,10-11H2,1-6H3,(H,20,21);13,15H,7-12H2,1-6H3,(H,20,21);7-10,13H,11H2,1-6H3,(H2,19,20,22);11,20H,7-10H2,1-6H3,(H,17,19);10H,9H2,1-8H3,(H,15,18);4-7,15H,1-3H3;9H,7H2,1-6H3,(H2,14,17)(H2,15,16,19). The van der Waals surface area contributed by atoms with E-state index in [4.69, 9.17) is 15.2 Å². The van der Waals surface area contributed by atoms with Gasteiger partial charge in [0.2, 0.25) is 24.5 Å². The maximum atomic E-state index is 12.7. The molecule has 4 aliphatic rings. The van der Waals surface area contributed by atoms with E-state index in [2.05, 4.69) is 68.4 Å². The van der Waals surface area contributed by atoms with Crippen molar-refractivity contribution in [2.75, 3.05) is 26.9 Å². The Labute approximate surface area is 853 Å². The summed E-state index contributed by atoms with van der Waals surface area (Å²) >= 11 is 3.42. The maximum Gasteiger partial charge on any atom is 0.317 e. The summed E-state index contributed by atoms with van der Waals surface area (Å²) in [6.45, 7) is 77.3. The minimum absolute atomic E-state index is 0.0000491. The van der Waals surface area contributed by atoms with E-state index in [0.29, 0.717) is 49.5 Å². The highest BCUT2D eigenvalue weighted by Gasteiger charge is 2.56. The lowest BCUT2D eigenvalue weighted by Gasteiger charge is -2.36. The van der Waals surface area contributed by atoms with Crippen LogP contribution in [0.2, 0.25) is 0 Å². The van der Waals surface area contributed by atoms with Crippen LogP contribution in [0.4, 0.5) is 14.4 Å². The summed E-state index contributed by atoms with van der Waals surface area (Å²) in [5.41, 5.74) is 1.93. The molecule has 2 aromatic carbocycles. The van der Waals surface area contributed by atoms with Crippen LogP contribution in [0, 0.1) is 81.7 Å². The van der Waals surface area contributed by atoms with Crippen molar-refractivity contribution in [1.82, 2.24) is 57.4 Å². The number of nitrogens with zero attached hydrogens (tertiary/aromatic N) is 2. The van der Waals surface area contributed by atoms with Crippen LogP contribution in [0.3, 0.4) is 0 Å². The third-order valence-electron chi connectivity index (χ3n) is 24.8. The number of aromatic nitrogens is 2. The van der Waals surface area contributed by atoms with Gasteiger partial charge in [0.1, 0.15) is 5.60 Å². The van der Waals surface area contributed by atoms with Gasteiger partial charge in [0.15, 0.2) is 52.0 Å². The summed E-state index contributed by atoms with van der Waals surface area (Å²) in [4.78, 5) is 180. The molecule has 0 saturated heterocycles. The number of rotatable bonds is 23. The van der Waals surface area contributed by atoms with Crippen LogP contribution < -0.4 is 57.7 Å². The number of nitrogens with two attached hydrogens (primary N) is 1. The first-order valence-corrected chi connectivity index (χ1v) is 50.6. The van der Waals surface area contributed by atoms with Crippen LogP contribution in [0.15, 0.2) is 71.5 Å². The minimum Gasteiger partial charge on any atom is -0.454 e. The predicted octanol–water partition coefficient (Wildman–Crippen LogP) is 20.2. The Morgan fingerprint density at radius 2 is 0.865 bits per heavy atom. The number of ether oxygens (including phenoxy) is 2. The number of halogens is 1. The molecule has 1 aliphatic heterocycles. The molecule has 2 aromatic heterocycles. The fourth-order valence-electron chi connectivity index (χ4n) is 15.6. The van der Waals surface area contributed by atoms with Gasteiger partial charge in [-0.2, -0.15) is 0 Å². The number of H-pyrrole nitrogens is 1. The van der Waals surface area contributed by atoms with Gasteiger partial charge in [0, 0.05) is 92.2 Å². The Bertz CT molecular complexity index is 4920. The number of primary amides is 1. The molecule has 0 spiro atoms. The Kier molecular flexibility index (Phi) is 45.6. The van der Waals surface area contributed by atoms with Crippen LogP contribution in [-0.4, -0.2) is 171 Å². The number of amides is 10. The van der Waals surface area contributed by atoms with Crippen molar-refractivity contribution in [3.8, 4) is 11.5 Å². The normalized spacial score (nSPS) is 17.1. The summed E-state index contributed by atoms with van der Waals surface area (Å²) in [6, 6.07) is 12.7. The van der Waals surface area contributed by atoms with Crippen LogP contribution >= 0.6 is 15.9 Å². The fraction of sp³-hybridized carbons (Fsp3) is 0.703. The highest BCUT2D eigenvalue weighted by molar-refractivity contribution is 9.10. The van der Waals surface area contributed by atoms with E-state index in [1.807, 2.05) is 299 Å². The summed E-state index contributed by atoms with van der Waals surface area (Å²) in [5.74, 6) is 1.30. The molecule has 0 bridgehead atoms. The van der Waals surface area contributed by atoms with Crippen LogP contribution in [0.25, 0.3) is 10.9 Å². The summed E-state index contributed by atoms with van der Waals surface area (Å²) in [7, 11) is 1.72. The van der Waals surface area contributed by atoms with E-state index >= 15 is 0 Å². The Morgan fingerprint density at radius 1 is 0.468 bits per heavy atom. The number of benzene rings is 2. The second-order valence-corrected chi connectivity index (χ2v) is 53.2. The third kappa shape index (κ3) is 42.4. The van der Waals surface area contributed by atoms with Gasteiger partial charge in [0.05, 0.1) is 54.9 Å². The zero-order valence-electron chi connectivity index (χ0n) is 93.8. The molecule has 3 aliphatic carbocycles. The largest absolute Gasteiger partial charge is 0.454 e. The van der Waals surface area contributed by atoms with Crippen molar-refractivity contribution in [3.63, 3.8) is 0 Å². The number of urea groups is 3. The van der Waals surface area contributed by atoms with Crippen molar-refractivity contribution in [1.29, 1.82) is 0 Å². The zero-order chi connectivity index (χ0) is 110. The second kappa shape index (κ2) is 50.4. The molecule has 8 atom stereocenters. The number of aliphatic hydroxyl groups is 1. The molecular formula is C111H183BrN12O17. The number of carbonyl (C=O) groups is 14. The van der Waals surface area contributed by atoms with E-state index in [9.17, 15) is 72.2 Å². The molecule has 10 amide bonds. The first-order valence-electron chi connectivity index (χ1n) is 49.8. The quantitative estimate of drug-likeness (QED) is 0.0307. The van der Waals surface area contributed by atoms with E-state index in [1.54, 1.807) is 57.2 Å². The number of ketones is 7. The van der Waals surface area contributed by atoms with Crippen LogP contribution in [0.1, 0.15) is 363 Å². The zero-order valence-corrected chi connectivity index (χ0v) is 95.4. The molecule has 12 N–H and O–H groups in total. The minimum atomic E-state index is -1.29. The number of fused-ring (bicyclic) bond motifs is 3. The summed E-state index contributed by atoms with van der Waals surface area (Å²) < 4.78 is 11.6. The van der Waals surface area contributed by atoms with Crippen molar-refractivity contribution in [3.05, 3.63) is 88.3 Å². The van der Waals surface area contributed by atoms with Gasteiger partial charge in [-0.1, -0.05) is 311 Å². The number of pyridine rings is 1. The number of nitrogens with one attached hydrogen (secondary N) is 9. The van der Waals surface area contributed by atoms with Crippen LogP contribution in [0.5, 0.6) is 11.5 Å². The van der Waals surface area contributed by atoms with Gasteiger partial charge in [-0.15, -0.1) is 0 Å². The van der Waals surface area contributed by atoms with Crippen molar-refractivity contribution < 1.29 is 81.7 Å². The van der Waals surface area contributed by atoms with Gasteiger partial charge in [0.25, 0.3) is 5.91 Å². The lowest BCUT2D eigenvalue weighted by atomic mass is 9.75. The molecule has 3 heterocycles. The lowest BCUT2D eigenvalue weighted by molar-refractivity contribution is -0.145. The molecule has 0 radical (unpaired) electrons.